The van der Waals surface area contributed by atoms with E-state index in [1.54, 1.807) is 30.3 Å². The first-order chi connectivity index (χ1) is 15.2. The Balaban J connectivity index is 1.69. The first-order valence-corrected chi connectivity index (χ1v) is 10.3. The summed E-state index contributed by atoms with van der Waals surface area (Å²) in [4.78, 5) is 36.4. The van der Waals surface area contributed by atoms with Gasteiger partial charge in [-0.1, -0.05) is 18.2 Å². The molecule has 0 aliphatic carbocycles. The predicted octanol–water partition coefficient (Wildman–Crippen LogP) is 4.54. The molecule has 2 N–H and O–H groups in total. The third-order valence-corrected chi connectivity index (χ3v) is 5.13. The monoisotopic (exact) mass is 433 g/mol. The fraction of sp³-hybridized carbons (Fsp3) is 0.240. The van der Waals surface area contributed by atoms with Gasteiger partial charge in [0.25, 0.3) is 5.91 Å². The highest BCUT2D eigenvalue weighted by Crippen LogP contribution is 2.24. The molecule has 2 aromatic carbocycles. The standard InChI is InChI=1S/C25H27N3O4/c1-15-8-6-7-9-23(15)28-16(2)14-22(17(28)3)25(31)32-18(4)24(30)27-21-12-10-20(11-13-21)26-19(5)29/h6-14,18H,1-5H3,(H,26,29)(H,27,30). The van der Waals surface area contributed by atoms with Crippen LogP contribution in [0, 0.1) is 20.8 Å². The van der Waals surface area contributed by atoms with Crippen molar-refractivity contribution in [1.82, 2.24) is 4.57 Å². The Morgan fingerprint density at radius 1 is 0.906 bits per heavy atom. The van der Waals surface area contributed by atoms with Crippen molar-refractivity contribution in [3.05, 3.63) is 77.1 Å². The van der Waals surface area contributed by atoms with Crippen LogP contribution in [-0.4, -0.2) is 28.5 Å². The SMILES string of the molecule is CC(=O)Nc1ccc(NC(=O)C(C)OC(=O)c2cc(C)n(-c3ccccc3C)c2C)cc1. The lowest BCUT2D eigenvalue weighted by Crippen LogP contribution is -2.30. The highest BCUT2D eigenvalue weighted by molar-refractivity contribution is 5.98. The van der Waals surface area contributed by atoms with Crippen molar-refractivity contribution in [2.75, 3.05) is 10.6 Å². The van der Waals surface area contributed by atoms with Crippen LogP contribution in [0.25, 0.3) is 5.69 Å². The number of aromatic nitrogens is 1. The lowest BCUT2D eigenvalue weighted by molar-refractivity contribution is -0.123. The van der Waals surface area contributed by atoms with Gasteiger partial charge >= 0.3 is 5.97 Å². The van der Waals surface area contributed by atoms with Crippen molar-refractivity contribution in [2.24, 2.45) is 0 Å². The van der Waals surface area contributed by atoms with Crippen molar-refractivity contribution in [3.8, 4) is 5.69 Å². The second-order valence-corrected chi connectivity index (χ2v) is 7.70. The Labute approximate surface area is 187 Å². The van der Waals surface area contributed by atoms with E-state index in [-0.39, 0.29) is 5.91 Å². The van der Waals surface area contributed by atoms with Gasteiger partial charge in [0, 0.05) is 35.4 Å². The third-order valence-electron chi connectivity index (χ3n) is 5.13. The van der Waals surface area contributed by atoms with Gasteiger partial charge in [-0.05, 0) is 69.7 Å². The maximum absolute atomic E-state index is 12.8. The predicted molar refractivity (Wildman–Crippen MR) is 124 cm³/mol. The maximum atomic E-state index is 12.8. The number of rotatable bonds is 6. The molecule has 2 amide bonds. The summed E-state index contributed by atoms with van der Waals surface area (Å²) in [6.45, 7) is 8.75. The Morgan fingerprint density at radius 2 is 1.50 bits per heavy atom. The number of esters is 1. The fourth-order valence-corrected chi connectivity index (χ4v) is 3.52. The molecule has 0 fully saturated rings. The van der Waals surface area contributed by atoms with Crippen molar-refractivity contribution in [3.63, 3.8) is 0 Å². The first-order valence-electron chi connectivity index (χ1n) is 10.3. The van der Waals surface area contributed by atoms with Crippen LogP contribution in [0.1, 0.15) is 41.2 Å². The quantitative estimate of drug-likeness (QED) is 0.559. The molecule has 32 heavy (non-hydrogen) atoms. The zero-order chi connectivity index (χ0) is 23.4. The topological polar surface area (TPSA) is 89.4 Å². The number of nitrogens with one attached hydrogen (secondary N) is 2. The molecule has 0 spiro atoms. The van der Waals surface area contributed by atoms with Gasteiger partial charge in [0.1, 0.15) is 0 Å². The van der Waals surface area contributed by atoms with E-state index in [1.165, 1.54) is 13.8 Å². The van der Waals surface area contributed by atoms with Crippen molar-refractivity contribution >= 4 is 29.2 Å². The highest BCUT2D eigenvalue weighted by Gasteiger charge is 2.23. The average molecular weight is 434 g/mol. The molecule has 0 aliphatic rings. The molecule has 1 heterocycles. The highest BCUT2D eigenvalue weighted by atomic mass is 16.5. The number of anilines is 2. The third kappa shape index (κ3) is 5.06. The van der Waals surface area contributed by atoms with Crippen LogP contribution in [0.2, 0.25) is 0 Å². The lowest BCUT2D eigenvalue weighted by Gasteiger charge is -2.15. The van der Waals surface area contributed by atoms with Crippen LogP contribution >= 0.6 is 0 Å². The maximum Gasteiger partial charge on any atom is 0.340 e. The second-order valence-electron chi connectivity index (χ2n) is 7.70. The van der Waals surface area contributed by atoms with E-state index in [2.05, 4.69) is 10.6 Å². The van der Waals surface area contributed by atoms with Gasteiger partial charge in [0.15, 0.2) is 6.10 Å². The molecular weight excluding hydrogens is 406 g/mol. The molecule has 7 heteroatoms. The summed E-state index contributed by atoms with van der Waals surface area (Å²) in [5.74, 6) is -1.18. The van der Waals surface area contributed by atoms with Crippen LogP contribution in [0.4, 0.5) is 11.4 Å². The minimum atomic E-state index is -0.987. The van der Waals surface area contributed by atoms with E-state index in [0.29, 0.717) is 16.9 Å². The molecule has 0 radical (unpaired) electrons. The largest absolute Gasteiger partial charge is 0.449 e. The molecule has 0 saturated carbocycles. The summed E-state index contributed by atoms with van der Waals surface area (Å²) in [7, 11) is 0. The van der Waals surface area contributed by atoms with Gasteiger partial charge in [0.2, 0.25) is 5.91 Å². The fourth-order valence-electron chi connectivity index (χ4n) is 3.52. The minimum absolute atomic E-state index is 0.177. The Morgan fingerprint density at radius 3 is 2.09 bits per heavy atom. The molecule has 0 saturated heterocycles. The van der Waals surface area contributed by atoms with E-state index in [1.807, 2.05) is 49.6 Å². The van der Waals surface area contributed by atoms with Crippen LogP contribution in [0.5, 0.6) is 0 Å². The number of aryl methyl sites for hydroxylation is 2. The zero-order valence-electron chi connectivity index (χ0n) is 18.9. The molecule has 0 aliphatic heterocycles. The molecule has 3 aromatic rings. The summed E-state index contributed by atoms with van der Waals surface area (Å²) < 4.78 is 7.45. The van der Waals surface area contributed by atoms with E-state index in [0.717, 1.165) is 22.6 Å². The number of benzene rings is 2. The van der Waals surface area contributed by atoms with Gasteiger partial charge in [-0.3, -0.25) is 9.59 Å². The summed E-state index contributed by atoms with van der Waals surface area (Å²) in [5.41, 5.74) is 5.32. The van der Waals surface area contributed by atoms with E-state index in [4.69, 9.17) is 4.74 Å². The smallest absolute Gasteiger partial charge is 0.340 e. The number of amides is 2. The second kappa shape index (κ2) is 9.51. The van der Waals surface area contributed by atoms with Gasteiger partial charge in [0.05, 0.1) is 5.56 Å². The Hall–Kier alpha value is -3.87. The first kappa shape index (κ1) is 22.8. The van der Waals surface area contributed by atoms with Gasteiger partial charge in [-0.2, -0.15) is 0 Å². The van der Waals surface area contributed by atoms with Crippen molar-refractivity contribution < 1.29 is 19.1 Å². The molecule has 1 atom stereocenters. The normalized spacial score (nSPS) is 11.5. The summed E-state index contributed by atoms with van der Waals surface area (Å²) in [6, 6.07) is 16.4. The van der Waals surface area contributed by atoms with E-state index >= 15 is 0 Å². The van der Waals surface area contributed by atoms with E-state index < -0.39 is 18.0 Å². The minimum Gasteiger partial charge on any atom is -0.449 e. The lowest BCUT2D eigenvalue weighted by atomic mass is 10.2. The average Bonchev–Trinajstić information content (AvgIpc) is 3.03. The van der Waals surface area contributed by atoms with Crippen LogP contribution in [0.3, 0.4) is 0 Å². The number of hydrogen-bond donors (Lipinski definition) is 2. The molecule has 166 valence electrons. The molecule has 3 rings (SSSR count). The Bertz CT molecular complexity index is 1160. The van der Waals surface area contributed by atoms with Crippen molar-refractivity contribution in [1.29, 1.82) is 0 Å². The van der Waals surface area contributed by atoms with E-state index in [9.17, 15) is 14.4 Å². The van der Waals surface area contributed by atoms with Crippen LogP contribution in [-0.2, 0) is 14.3 Å². The Kier molecular flexibility index (Phi) is 6.78. The number of carbonyl (C=O) groups excluding carboxylic acids is 3. The summed E-state index contributed by atoms with van der Waals surface area (Å²) in [5, 5.41) is 5.37. The van der Waals surface area contributed by atoms with Crippen LogP contribution < -0.4 is 10.6 Å². The molecule has 1 unspecified atom stereocenters. The zero-order valence-corrected chi connectivity index (χ0v) is 18.9. The summed E-state index contributed by atoms with van der Waals surface area (Å²) in [6.07, 6.45) is -0.987. The molecular formula is C25H27N3O4. The number of para-hydroxylation sites is 1. The molecule has 0 bridgehead atoms. The van der Waals surface area contributed by atoms with Gasteiger partial charge in [-0.15, -0.1) is 0 Å². The number of ether oxygens (including phenoxy) is 1. The molecule has 1 aromatic heterocycles. The number of carbonyl (C=O) groups is 3. The molecule has 7 nitrogen and oxygen atoms in total. The van der Waals surface area contributed by atoms with Crippen molar-refractivity contribution in [2.45, 2.75) is 40.7 Å². The van der Waals surface area contributed by atoms with Crippen LogP contribution in [0.15, 0.2) is 54.6 Å². The van der Waals surface area contributed by atoms with Gasteiger partial charge < -0.3 is 19.9 Å². The number of nitrogens with zero attached hydrogens (tertiary/aromatic N) is 1. The summed E-state index contributed by atoms with van der Waals surface area (Å²) >= 11 is 0. The van der Waals surface area contributed by atoms with Gasteiger partial charge in [-0.25, -0.2) is 4.79 Å². The number of hydrogen-bond acceptors (Lipinski definition) is 4.